The summed E-state index contributed by atoms with van der Waals surface area (Å²) >= 11 is 78.3. The van der Waals surface area contributed by atoms with Crippen LogP contribution in [0.5, 0.6) is 40.5 Å². The van der Waals surface area contributed by atoms with E-state index in [4.69, 9.17) is 207 Å². The van der Waals surface area contributed by atoms with E-state index in [1.54, 1.807) is 80.9 Å². The fourth-order valence-corrected chi connectivity index (χ4v) is 16.0. The van der Waals surface area contributed by atoms with E-state index in [1.807, 2.05) is 67.7 Å². The van der Waals surface area contributed by atoms with Gasteiger partial charge in [0, 0.05) is 90.3 Å². The number of methoxy groups -OCH3 is 4. The number of nitrogen functional groups attached to an aromatic ring is 6. The summed E-state index contributed by atoms with van der Waals surface area (Å²) in [5, 5.41) is 10.3. The maximum absolute atomic E-state index is 6.43. The topological polar surface area (TPSA) is 434 Å². The lowest BCUT2D eigenvalue weighted by molar-refractivity contribution is 0.261. The molecule has 31 nitrogen and oxygen atoms in total. The summed E-state index contributed by atoms with van der Waals surface area (Å²) in [6, 6.07) is 22.1. The first kappa shape index (κ1) is 95.1. The number of thioether (sulfide) groups is 3. The Hall–Kier alpha value is -9.18. The number of nitrogens with zero attached hydrogens (tertiary/aromatic N) is 17. The highest BCUT2D eigenvalue weighted by atomic mass is 35.5. The number of likely N-dealkylation sites (N-methyl/N-ethyl adjacent to an activating group) is 1. The highest BCUT2D eigenvalue weighted by Gasteiger charge is 2.28. The fourth-order valence-electron chi connectivity index (χ4n) is 11.4. The van der Waals surface area contributed by atoms with Crippen LogP contribution in [0, 0.1) is 0 Å². The number of hydrogen-bond acceptors (Lipinski definition) is 33. The van der Waals surface area contributed by atoms with Crippen LogP contribution in [0.4, 0.5) is 41.5 Å². The lowest BCUT2D eigenvalue weighted by Gasteiger charge is -2.14. The normalized spacial score (nSPS) is 11.5. The van der Waals surface area contributed by atoms with Gasteiger partial charge in [-0.1, -0.05) is 163 Å². The average molecular weight is 1960 g/mol. The van der Waals surface area contributed by atoms with Gasteiger partial charge in [0.25, 0.3) is 0 Å². The molecular formula is C76H72Cl12N24O7S3. The van der Waals surface area contributed by atoms with E-state index >= 15 is 0 Å². The van der Waals surface area contributed by atoms with E-state index in [1.165, 1.54) is 56.6 Å². The molecule has 2 aliphatic rings. The van der Waals surface area contributed by atoms with Crippen LogP contribution < -0.4 is 72.9 Å². The van der Waals surface area contributed by atoms with E-state index in [2.05, 4.69) is 80.1 Å². The molecule has 7 aromatic heterocycles. The second-order valence-electron chi connectivity index (χ2n) is 25.1. The standard InChI is InChI=1S/C17H19Cl2N5O.C13H12Cl2N4O.C12H10Cl2N4OS.C12H11Cl2N3OS.C11H10Cl2N4O2.C11H10Cl2N4OS/c1-23(2)6-7-25-14-8-10(11(18)9-12(14)19)15-16-13(4-5-24(16)3)21-17(20)22-15;1-17-10-5-9(18-13(16)19-10)11-6-2-3-20-12(6)8(15)4-7(11)14;1-20-12-17-10(16-11(15)18-12)8-5-2-3-19-9(5)7(14)4-6(8)13;1-18-10-3-6(7(13)4-8(10)14)9-5-11(19-2)17-12(15)16-9;2*1-18-8-3-5(6(12)4-7(8)13)9-15-10(14)17-11(16-9)19-2/h4-5,8-9H,6-7H2,1-3H3,(H2,20,21,22);4-5H,2-3H2,1H3,(H3,16,17,18,19);4H,2-3H2,1H3,(H2,15,16,17,18);3-5H,1-2H3,(H2,15,16,17);2*3-4H,1-2H3,(H2,14,15,16,17). The number of aryl methyl sites for hydroxylation is 1. The number of nitrogens with two attached hydrogens (primary N) is 6. The van der Waals surface area contributed by atoms with Gasteiger partial charge in [-0.25, -0.2) is 34.9 Å². The number of aromatic nitrogens is 16. The Morgan fingerprint density at radius 1 is 0.426 bits per heavy atom. The number of hydrogen-bond donors (Lipinski definition) is 7. The zero-order chi connectivity index (χ0) is 88.7. The first-order chi connectivity index (χ1) is 58.2. The second-order valence-corrected chi connectivity index (χ2v) is 32.3. The van der Waals surface area contributed by atoms with Crippen LogP contribution in [0.3, 0.4) is 0 Å². The third-order valence-electron chi connectivity index (χ3n) is 16.9. The van der Waals surface area contributed by atoms with Gasteiger partial charge in [0.05, 0.1) is 124 Å². The zero-order valence-corrected chi connectivity index (χ0v) is 77.5. The monoisotopic (exact) mass is 1950 g/mol. The Morgan fingerprint density at radius 2 is 0.869 bits per heavy atom. The number of benzene rings is 6. The van der Waals surface area contributed by atoms with Gasteiger partial charge >= 0.3 is 6.01 Å². The van der Waals surface area contributed by atoms with Gasteiger partial charge in [0.15, 0.2) is 27.8 Å². The molecule has 0 aliphatic carbocycles. The highest BCUT2D eigenvalue weighted by Crippen LogP contribution is 2.48. The summed E-state index contributed by atoms with van der Waals surface area (Å²) in [7, 11) is 13.6. The maximum atomic E-state index is 6.43. The van der Waals surface area contributed by atoms with Crippen LogP contribution in [0.1, 0.15) is 11.1 Å². The Labute approximate surface area is 772 Å². The number of nitrogens with one attached hydrogen (secondary N) is 1. The summed E-state index contributed by atoms with van der Waals surface area (Å²) in [6.45, 7) is 2.44. The molecule has 13 aromatic rings. The predicted molar refractivity (Wildman–Crippen MR) is 495 cm³/mol. The van der Waals surface area contributed by atoms with E-state index in [9.17, 15) is 0 Å². The number of rotatable bonds is 18. The minimum Gasteiger partial charge on any atom is -0.495 e. The van der Waals surface area contributed by atoms with Crippen LogP contribution in [-0.2, 0) is 19.9 Å². The third kappa shape index (κ3) is 23.6. The second kappa shape index (κ2) is 43.4. The van der Waals surface area contributed by atoms with Crippen LogP contribution in [0.15, 0.2) is 100 Å². The minimum absolute atomic E-state index is 0.0341. The molecule has 122 heavy (non-hydrogen) atoms. The molecule has 0 saturated carbocycles. The molecule has 0 spiro atoms. The molecule has 0 unspecified atom stereocenters. The molecule has 6 aromatic carbocycles. The zero-order valence-electron chi connectivity index (χ0n) is 66.0. The number of fused-ring (bicyclic) bond motifs is 3. The van der Waals surface area contributed by atoms with Crippen molar-refractivity contribution in [1.29, 1.82) is 0 Å². The van der Waals surface area contributed by atoms with Crippen molar-refractivity contribution in [3.05, 3.63) is 156 Å². The van der Waals surface area contributed by atoms with Gasteiger partial charge in [0.2, 0.25) is 35.7 Å². The maximum Gasteiger partial charge on any atom is 0.321 e. The van der Waals surface area contributed by atoms with Crippen LogP contribution in [0.25, 0.3) is 79.0 Å². The molecule has 2 aliphatic heterocycles. The van der Waals surface area contributed by atoms with Crippen molar-refractivity contribution in [2.24, 2.45) is 7.05 Å². The van der Waals surface area contributed by atoms with Crippen molar-refractivity contribution in [3.63, 3.8) is 0 Å². The molecule has 0 saturated heterocycles. The molecule has 0 bridgehead atoms. The van der Waals surface area contributed by atoms with Crippen molar-refractivity contribution in [2.75, 3.05) is 134 Å². The molecule has 640 valence electrons. The van der Waals surface area contributed by atoms with Gasteiger partial charge in [-0.05, 0) is 106 Å². The largest absolute Gasteiger partial charge is 0.495 e. The van der Waals surface area contributed by atoms with Crippen LogP contribution in [-0.4, -0.2) is 179 Å². The van der Waals surface area contributed by atoms with Crippen molar-refractivity contribution in [2.45, 2.75) is 28.2 Å². The van der Waals surface area contributed by atoms with E-state index in [-0.39, 0.29) is 47.5 Å². The summed E-state index contributed by atoms with van der Waals surface area (Å²) in [6.07, 6.45) is 8.99. The molecule has 15 rings (SSSR count). The van der Waals surface area contributed by atoms with Gasteiger partial charge in [-0.15, -0.1) is 11.8 Å². The van der Waals surface area contributed by atoms with Crippen LogP contribution in [0.2, 0.25) is 60.3 Å². The summed E-state index contributed by atoms with van der Waals surface area (Å²) in [5.74, 6) is 6.02. The van der Waals surface area contributed by atoms with Gasteiger partial charge < -0.3 is 82.3 Å². The molecule has 0 radical (unpaired) electrons. The lowest BCUT2D eigenvalue weighted by Crippen LogP contribution is -2.19. The summed E-state index contributed by atoms with van der Waals surface area (Å²) < 4.78 is 39.2. The lowest BCUT2D eigenvalue weighted by atomic mass is 10.0. The molecule has 0 amide bonds. The number of halogens is 12. The molecule has 9 heterocycles. The van der Waals surface area contributed by atoms with Crippen molar-refractivity contribution < 1.29 is 33.2 Å². The smallest absolute Gasteiger partial charge is 0.321 e. The Balaban J connectivity index is 0.000000154. The Morgan fingerprint density at radius 3 is 1.39 bits per heavy atom. The quantitative estimate of drug-likeness (QED) is 0.0310. The molecule has 46 heteroatoms. The van der Waals surface area contributed by atoms with Crippen LogP contribution >= 0.6 is 174 Å². The van der Waals surface area contributed by atoms with Crippen molar-refractivity contribution in [1.82, 2.24) is 84.2 Å². The van der Waals surface area contributed by atoms with E-state index < -0.39 is 0 Å². The molecule has 13 N–H and O–H groups in total. The number of anilines is 7. The van der Waals surface area contributed by atoms with Gasteiger partial charge in [0.1, 0.15) is 57.6 Å². The third-order valence-corrected chi connectivity index (χ3v) is 22.2. The SMILES string of the molecule is CN(C)CCOc1cc(-c2nc(N)nc3ccn(C)c23)c(Cl)cc1Cl.CNc1cc(-c2c(Cl)cc(Cl)c3c2CCO3)nc(N)n1.COc1cc(-c2cc(SC)nc(N)n2)c(Cl)cc1Cl.COc1cc(-c2nc(N)nc(SC)n2)c(Cl)cc1Cl.COc1nc(N)nc(-c2cc(OC)c(Cl)cc2Cl)n1.CSc1nc(N)nc(-c2c(Cl)cc(Cl)c3c2CCO3)n1. The molecular weight excluding hydrogens is 1880 g/mol. The average Bonchev–Trinajstić information content (AvgIpc) is 1.53. The fraction of sp³-hybridized carbons (Fsp3) is 0.224. The van der Waals surface area contributed by atoms with Crippen molar-refractivity contribution >= 4 is 227 Å². The Kier molecular flexibility index (Phi) is 33.8. The number of ether oxygens (including phenoxy) is 7. The first-order valence-electron chi connectivity index (χ1n) is 35.1. The van der Waals surface area contributed by atoms with E-state index in [0.717, 1.165) is 45.7 Å². The summed E-state index contributed by atoms with van der Waals surface area (Å²) in [5.41, 5.74) is 43.7. The van der Waals surface area contributed by atoms with Gasteiger partial charge in [-0.2, -0.15) is 39.9 Å². The molecule has 0 fully saturated rings. The molecule has 0 atom stereocenters. The first-order valence-corrected chi connectivity index (χ1v) is 43.3. The van der Waals surface area contributed by atoms with Crippen molar-refractivity contribution in [3.8, 4) is 108 Å². The van der Waals surface area contributed by atoms with Gasteiger partial charge in [-0.3, -0.25) is 0 Å². The summed E-state index contributed by atoms with van der Waals surface area (Å²) in [4.78, 5) is 64.1. The Bertz CT molecular complexity index is 5650. The highest BCUT2D eigenvalue weighted by molar-refractivity contribution is 7.98. The minimum atomic E-state index is 0.0341. The van der Waals surface area contributed by atoms with E-state index in [0.29, 0.717) is 194 Å². The predicted octanol–water partition coefficient (Wildman–Crippen LogP) is 18.9.